The molecule has 0 atom stereocenters. The zero-order valence-electron chi connectivity index (χ0n) is 16.8. The van der Waals surface area contributed by atoms with E-state index in [9.17, 15) is 9.59 Å². The standard InChI is InChI=1S/C22H21N5O3S/c23-19-15-10-30-9-14(15)17(7-24-19)26-20(28)21(29)27(22-4-13(5-22)6-22)8-12-1-2-18-16(3-12)25-11-31-18/h1-3,7,11,13H,4-6,8-10H2,(H2,23,24)(H,26,28). The number of amides is 2. The van der Waals surface area contributed by atoms with E-state index in [0.29, 0.717) is 37.2 Å². The number of benzene rings is 1. The maximum absolute atomic E-state index is 13.3. The lowest BCUT2D eigenvalue weighted by Gasteiger charge is -2.66. The van der Waals surface area contributed by atoms with Crippen LogP contribution in [0.3, 0.4) is 0 Å². The summed E-state index contributed by atoms with van der Waals surface area (Å²) in [6.45, 7) is 1.10. The van der Waals surface area contributed by atoms with Gasteiger partial charge in [0.25, 0.3) is 0 Å². The summed E-state index contributed by atoms with van der Waals surface area (Å²) in [7, 11) is 0. The average molecular weight is 436 g/mol. The van der Waals surface area contributed by atoms with Gasteiger partial charge in [-0.1, -0.05) is 6.07 Å². The Kier molecular flexibility index (Phi) is 4.06. The highest BCUT2D eigenvalue weighted by Crippen LogP contribution is 2.61. The van der Waals surface area contributed by atoms with Crippen LogP contribution in [0.4, 0.5) is 11.5 Å². The van der Waals surface area contributed by atoms with E-state index in [0.717, 1.165) is 46.2 Å². The Morgan fingerprint density at radius 2 is 2.03 bits per heavy atom. The van der Waals surface area contributed by atoms with E-state index in [4.69, 9.17) is 10.5 Å². The number of carbonyl (C=O) groups is 2. The van der Waals surface area contributed by atoms with E-state index >= 15 is 0 Å². The van der Waals surface area contributed by atoms with Crippen molar-refractivity contribution in [3.63, 3.8) is 0 Å². The third-order valence-electron chi connectivity index (χ3n) is 6.83. The van der Waals surface area contributed by atoms with Gasteiger partial charge in [0, 0.05) is 23.2 Å². The first kappa shape index (κ1) is 18.7. The minimum absolute atomic E-state index is 0.194. The number of thiazole rings is 1. The average Bonchev–Trinajstić information content (AvgIpc) is 3.36. The first-order chi connectivity index (χ1) is 15.0. The Balaban J connectivity index is 1.26. The molecular formula is C22H21N5O3S. The van der Waals surface area contributed by atoms with Crippen molar-refractivity contribution in [1.82, 2.24) is 14.9 Å². The lowest BCUT2D eigenvalue weighted by Crippen LogP contribution is -2.70. The monoisotopic (exact) mass is 435 g/mol. The molecule has 3 fully saturated rings. The Morgan fingerprint density at radius 3 is 2.81 bits per heavy atom. The van der Waals surface area contributed by atoms with Crippen LogP contribution in [-0.4, -0.2) is 32.2 Å². The number of hydrogen-bond donors (Lipinski definition) is 2. The summed E-state index contributed by atoms with van der Waals surface area (Å²) in [4.78, 5) is 36.6. The molecule has 3 heterocycles. The Labute approximate surface area is 182 Å². The lowest BCUT2D eigenvalue weighted by atomic mass is 9.49. The van der Waals surface area contributed by atoms with Gasteiger partial charge in [0.2, 0.25) is 0 Å². The molecule has 3 aromatic rings. The highest BCUT2D eigenvalue weighted by molar-refractivity contribution is 7.16. The van der Waals surface area contributed by atoms with Gasteiger partial charge < -0.3 is 20.7 Å². The third-order valence-corrected chi connectivity index (χ3v) is 7.64. The molecule has 158 valence electrons. The highest BCUT2D eigenvalue weighted by Gasteiger charge is 2.61. The molecule has 9 heteroatoms. The maximum atomic E-state index is 13.3. The number of aromatic nitrogens is 2. The van der Waals surface area contributed by atoms with Crippen LogP contribution in [0.5, 0.6) is 0 Å². The number of nitrogens with zero attached hydrogens (tertiary/aromatic N) is 3. The Morgan fingerprint density at radius 1 is 1.23 bits per heavy atom. The van der Waals surface area contributed by atoms with E-state index in [1.165, 1.54) is 6.20 Å². The molecule has 1 aromatic carbocycles. The molecule has 2 amide bonds. The zero-order valence-corrected chi connectivity index (χ0v) is 17.6. The van der Waals surface area contributed by atoms with Crippen LogP contribution < -0.4 is 11.1 Å². The second-order valence-corrected chi connectivity index (χ2v) is 9.60. The molecule has 31 heavy (non-hydrogen) atoms. The van der Waals surface area contributed by atoms with Gasteiger partial charge in [-0.2, -0.15) is 0 Å². The topological polar surface area (TPSA) is 110 Å². The number of ether oxygens (including phenoxy) is 1. The van der Waals surface area contributed by atoms with Gasteiger partial charge in [-0.3, -0.25) is 9.59 Å². The number of nitrogens with one attached hydrogen (secondary N) is 1. The third kappa shape index (κ3) is 2.91. The van der Waals surface area contributed by atoms with Gasteiger partial charge in [-0.05, 0) is 42.9 Å². The van der Waals surface area contributed by atoms with E-state index in [2.05, 4.69) is 15.3 Å². The van der Waals surface area contributed by atoms with Gasteiger partial charge in [0.15, 0.2) is 0 Å². The number of fused-ring (bicyclic) bond motifs is 2. The summed E-state index contributed by atoms with van der Waals surface area (Å²) < 4.78 is 6.56. The summed E-state index contributed by atoms with van der Waals surface area (Å²) in [5.74, 6) is -0.0907. The first-order valence-electron chi connectivity index (χ1n) is 10.3. The number of anilines is 2. The van der Waals surface area contributed by atoms with E-state index in [1.807, 2.05) is 23.7 Å². The first-order valence-corrected chi connectivity index (χ1v) is 11.2. The molecule has 4 aliphatic rings. The summed E-state index contributed by atoms with van der Waals surface area (Å²) in [5, 5.41) is 2.76. The largest absolute Gasteiger partial charge is 0.383 e. The van der Waals surface area contributed by atoms with Gasteiger partial charge in [-0.15, -0.1) is 11.3 Å². The molecule has 3 saturated carbocycles. The Bertz CT molecular complexity index is 1220. The fourth-order valence-electron chi connectivity index (χ4n) is 5.00. The quantitative estimate of drug-likeness (QED) is 0.610. The molecule has 0 radical (unpaired) electrons. The number of pyridine rings is 1. The molecule has 1 aliphatic heterocycles. The molecular weight excluding hydrogens is 414 g/mol. The number of hydrogen-bond acceptors (Lipinski definition) is 7. The van der Waals surface area contributed by atoms with Crippen molar-refractivity contribution in [2.24, 2.45) is 5.92 Å². The van der Waals surface area contributed by atoms with Crippen molar-refractivity contribution in [2.75, 3.05) is 11.1 Å². The van der Waals surface area contributed by atoms with Gasteiger partial charge in [-0.25, -0.2) is 9.97 Å². The number of carbonyl (C=O) groups excluding carboxylic acids is 2. The van der Waals surface area contributed by atoms with E-state index in [-0.39, 0.29) is 5.54 Å². The smallest absolute Gasteiger partial charge is 0.313 e. The van der Waals surface area contributed by atoms with Crippen LogP contribution in [0.15, 0.2) is 29.9 Å². The van der Waals surface area contributed by atoms with Crippen LogP contribution in [0.2, 0.25) is 0 Å². The van der Waals surface area contributed by atoms with Crippen LogP contribution in [-0.2, 0) is 34.1 Å². The van der Waals surface area contributed by atoms with E-state index in [1.54, 1.807) is 16.2 Å². The molecule has 2 bridgehead atoms. The minimum Gasteiger partial charge on any atom is -0.383 e. The molecule has 2 aromatic heterocycles. The molecule has 7 rings (SSSR count). The number of nitrogen functional groups attached to an aromatic ring is 1. The fourth-order valence-corrected chi connectivity index (χ4v) is 5.66. The van der Waals surface area contributed by atoms with Gasteiger partial charge in [0.1, 0.15) is 5.82 Å². The number of rotatable bonds is 4. The summed E-state index contributed by atoms with van der Waals surface area (Å²) in [5.41, 5.74) is 11.5. The van der Waals surface area contributed by atoms with Crippen LogP contribution >= 0.6 is 11.3 Å². The van der Waals surface area contributed by atoms with Crippen molar-refractivity contribution in [3.8, 4) is 0 Å². The van der Waals surface area contributed by atoms with Crippen LogP contribution in [0.25, 0.3) is 10.2 Å². The second-order valence-electron chi connectivity index (χ2n) is 8.71. The molecule has 8 nitrogen and oxygen atoms in total. The molecule has 3 N–H and O–H groups in total. The summed E-state index contributed by atoms with van der Waals surface area (Å²) in [6, 6.07) is 6.04. The Hall–Kier alpha value is -3.04. The molecule has 3 aliphatic carbocycles. The fraction of sp³-hybridized carbons (Fsp3) is 0.364. The molecule has 0 spiro atoms. The SMILES string of the molecule is Nc1ncc(NC(=O)C(=O)N(Cc2ccc3scnc3c2)C23CC(C2)C3)c2c1COC2. The molecule has 0 unspecified atom stereocenters. The highest BCUT2D eigenvalue weighted by atomic mass is 32.1. The predicted molar refractivity (Wildman–Crippen MR) is 116 cm³/mol. The zero-order chi connectivity index (χ0) is 21.2. The van der Waals surface area contributed by atoms with Crippen LogP contribution in [0, 0.1) is 5.92 Å². The molecule has 0 saturated heterocycles. The normalized spacial score (nSPS) is 23.0. The van der Waals surface area contributed by atoms with Crippen molar-refractivity contribution in [2.45, 2.75) is 44.6 Å². The lowest BCUT2D eigenvalue weighted by molar-refractivity contribution is -0.176. The van der Waals surface area contributed by atoms with Crippen LogP contribution in [0.1, 0.15) is 36.0 Å². The van der Waals surface area contributed by atoms with Crippen molar-refractivity contribution in [1.29, 1.82) is 0 Å². The second kappa shape index (κ2) is 6.73. The van der Waals surface area contributed by atoms with Crippen molar-refractivity contribution >= 4 is 44.9 Å². The number of nitrogens with two attached hydrogens (primary N) is 1. The summed E-state index contributed by atoms with van der Waals surface area (Å²) >= 11 is 1.59. The van der Waals surface area contributed by atoms with Gasteiger partial charge in [0.05, 0.1) is 40.8 Å². The van der Waals surface area contributed by atoms with E-state index < -0.39 is 11.8 Å². The van der Waals surface area contributed by atoms with Crippen molar-refractivity contribution < 1.29 is 14.3 Å². The summed E-state index contributed by atoms with van der Waals surface area (Å²) in [6.07, 6.45) is 4.41. The maximum Gasteiger partial charge on any atom is 0.313 e. The van der Waals surface area contributed by atoms with Crippen molar-refractivity contribution in [3.05, 3.63) is 46.6 Å². The minimum atomic E-state index is -0.653. The van der Waals surface area contributed by atoms with Gasteiger partial charge >= 0.3 is 11.8 Å². The predicted octanol–water partition coefficient (Wildman–Crippen LogP) is 2.82.